The fourth-order valence-corrected chi connectivity index (χ4v) is 2.04. The Kier molecular flexibility index (Phi) is 4.99. The molecule has 4 heteroatoms. The lowest BCUT2D eigenvalue weighted by Crippen LogP contribution is -2.45. The standard InChI is InChI=1S/C14H21NO3/c1-11-7-15-8-14(18-11)10-17-9-12-4-3-5-13(6-12)16-2/h3-6,11,14-15H,7-10H2,1-2H3. The van der Waals surface area contributed by atoms with E-state index in [0.717, 1.165) is 24.4 Å². The Morgan fingerprint density at radius 1 is 1.39 bits per heavy atom. The van der Waals surface area contributed by atoms with Crippen LogP contribution in [0.1, 0.15) is 12.5 Å². The fraction of sp³-hybridized carbons (Fsp3) is 0.571. The zero-order valence-electron chi connectivity index (χ0n) is 11.0. The maximum Gasteiger partial charge on any atom is 0.119 e. The van der Waals surface area contributed by atoms with E-state index in [-0.39, 0.29) is 12.2 Å². The fourth-order valence-electron chi connectivity index (χ4n) is 2.04. The van der Waals surface area contributed by atoms with Crippen molar-refractivity contribution in [2.75, 3.05) is 26.8 Å². The van der Waals surface area contributed by atoms with Crippen LogP contribution >= 0.6 is 0 Å². The molecule has 2 unspecified atom stereocenters. The van der Waals surface area contributed by atoms with Gasteiger partial charge < -0.3 is 19.5 Å². The summed E-state index contributed by atoms with van der Waals surface area (Å²) in [5.74, 6) is 0.861. The Hall–Kier alpha value is -1.10. The summed E-state index contributed by atoms with van der Waals surface area (Å²) in [4.78, 5) is 0. The van der Waals surface area contributed by atoms with Crippen LogP contribution in [0, 0.1) is 0 Å². The molecule has 0 amide bonds. The lowest BCUT2D eigenvalue weighted by atomic mass is 10.2. The molecule has 0 spiro atoms. The Labute approximate surface area is 108 Å². The number of nitrogens with one attached hydrogen (secondary N) is 1. The first kappa shape index (κ1) is 13.3. The van der Waals surface area contributed by atoms with Crippen LogP contribution in [0.2, 0.25) is 0 Å². The Morgan fingerprint density at radius 2 is 2.28 bits per heavy atom. The lowest BCUT2D eigenvalue weighted by molar-refractivity contribution is -0.0716. The van der Waals surface area contributed by atoms with Crippen molar-refractivity contribution in [3.8, 4) is 5.75 Å². The Bertz CT molecular complexity index is 370. The molecule has 0 saturated carbocycles. The van der Waals surface area contributed by atoms with Crippen molar-refractivity contribution in [2.24, 2.45) is 0 Å². The number of ether oxygens (including phenoxy) is 3. The highest BCUT2D eigenvalue weighted by Gasteiger charge is 2.18. The van der Waals surface area contributed by atoms with Gasteiger partial charge in [-0.3, -0.25) is 0 Å². The summed E-state index contributed by atoms with van der Waals surface area (Å²) in [5, 5.41) is 3.33. The normalized spacial score (nSPS) is 23.9. The van der Waals surface area contributed by atoms with Gasteiger partial charge in [0.2, 0.25) is 0 Å². The van der Waals surface area contributed by atoms with Crippen molar-refractivity contribution >= 4 is 0 Å². The van der Waals surface area contributed by atoms with Crippen LogP contribution in [0.25, 0.3) is 0 Å². The topological polar surface area (TPSA) is 39.7 Å². The van der Waals surface area contributed by atoms with E-state index >= 15 is 0 Å². The van der Waals surface area contributed by atoms with Gasteiger partial charge >= 0.3 is 0 Å². The number of hydrogen-bond donors (Lipinski definition) is 1. The van der Waals surface area contributed by atoms with E-state index in [1.54, 1.807) is 7.11 Å². The molecule has 1 heterocycles. The van der Waals surface area contributed by atoms with Gasteiger partial charge in [0.05, 0.1) is 32.5 Å². The third-order valence-corrected chi connectivity index (χ3v) is 2.94. The minimum absolute atomic E-state index is 0.152. The summed E-state index contributed by atoms with van der Waals surface area (Å²) in [6, 6.07) is 7.92. The second kappa shape index (κ2) is 6.73. The van der Waals surface area contributed by atoms with Gasteiger partial charge in [-0.25, -0.2) is 0 Å². The molecule has 1 N–H and O–H groups in total. The third-order valence-electron chi connectivity index (χ3n) is 2.94. The van der Waals surface area contributed by atoms with E-state index in [4.69, 9.17) is 14.2 Å². The second-order valence-electron chi connectivity index (χ2n) is 4.59. The molecule has 1 saturated heterocycles. The van der Waals surface area contributed by atoms with Crippen LogP contribution in [0.3, 0.4) is 0 Å². The highest BCUT2D eigenvalue weighted by Crippen LogP contribution is 2.13. The van der Waals surface area contributed by atoms with Gasteiger partial charge in [-0.05, 0) is 24.6 Å². The Balaban J connectivity index is 1.74. The smallest absolute Gasteiger partial charge is 0.119 e. The molecule has 4 nitrogen and oxygen atoms in total. The number of methoxy groups -OCH3 is 1. The van der Waals surface area contributed by atoms with E-state index in [1.165, 1.54) is 0 Å². The van der Waals surface area contributed by atoms with E-state index < -0.39 is 0 Å². The van der Waals surface area contributed by atoms with Crippen molar-refractivity contribution in [1.29, 1.82) is 0 Å². The summed E-state index contributed by atoms with van der Waals surface area (Å²) in [6.07, 6.45) is 0.420. The second-order valence-corrected chi connectivity index (χ2v) is 4.59. The summed E-state index contributed by atoms with van der Waals surface area (Å²) < 4.78 is 16.6. The minimum atomic E-state index is 0.152. The van der Waals surface area contributed by atoms with Crippen LogP contribution in [0.4, 0.5) is 0 Å². The molecule has 1 fully saturated rings. The van der Waals surface area contributed by atoms with Crippen molar-refractivity contribution in [1.82, 2.24) is 5.32 Å². The first-order chi connectivity index (χ1) is 8.78. The van der Waals surface area contributed by atoms with Crippen molar-refractivity contribution in [3.63, 3.8) is 0 Å². The number of benzene rings is 1. The molecular formula is C14H21NO3. The molecule has 2 atom stereocenters. The zero-order valence-corrected chi connectivity index (χ0v) is 11.0. The SMILES string of the molecule is COc1cccc(COCC2CNCC(C)O2)c1. The molecule has 2 rings (SSSR count). The minimum Gasteiger partial charge on any atom is -0.497 e. The predicted octanol–water partition coefficient (Wildman–Crippen LogP) is 1.59. The van der Waals surface area contributed by atoms with Crippen LogP contribution in [0.15, 0.2) is 24.3 Å². The lowest BCUT2D eigenvalue weighted by Gasteiger charge is -2.28. The van der Waals surface area contributed by atoms with Crippen molar-refractivity contribution in [3.05, 3.63) is 29.8 Å². The van der Waals surface area contributed by atoms with Gasteiger partial charge in [-0.15, -0.1) is 0 Å². The van der Waals surface area contributed by atoms with Crippen LogP contribution in [-0.4, -0.2) is 39.0 Å². The first-order valence-corrected chi connectivity index (χ1v) is 6.35. The molecule has 1 aliphatic heterocycles. The Morgan fingerprint density at radius 3 is 3.06 bits per heavy atom. The van der Waals surface area contributed by atoms with E-state index in [2.05, 4.69) is 12.2 Å². The number of morpholine rings is 1. The quantitative estimate of drug-likeness (QED) is 0.862. The number of hydrogen-bond acceptors (Lipinski definition) is 4. The van der Waals surface area contributed by atoms with E-state index in [9.17, 15) is 0 Å². The average Bonchev–Trinajstić information content (AvgIpc) is 2.39. The molecule has 0 radical (unpaired) electrons. The summed E-state index contributed by atoms with van der Waals surface area (Å²) >= 11 is 0. The maximum atomic E-state index is 5.76. The molecule has 18 heavy (non-hydrogen) atoms. The summed E-state index contributed by atoms with van der Waals surface area (Å²) in [7, 11) is 1.67. The number of rotatable bonds is 5. The van der Waals surface area contributed by atoms with Gasteiger partial charge in [-0.2, -0.15) is 0 Å². The molecule has 1 aromatic carbocycles. The van der Waals surface area contributed by atoms with Gasteiger partial charge in [-0.1, -0.05) is 12.1 Å². The first-order valence-electron chi connectivity index (χ1n) is 6.35. The van der Waals surface area contributed by atoms with Gasteiger partial charge in [0, 0.05) is 13.1 Å². The highest BCUT2D eigenvalue weighted by molar-refractivity contribution is 5.27. The van der Waals surface area contributed by atoms with Crippen LogP contribution in [0.5, 0.6) is 5.75 Å². The largest absolute Gasteiger partial charge is 0.497 e. The van der Waals surface area contributed by atoms with Crippen LogP contribution < -0.4 is 10.1 Å². The molecule has 0 aliphatic carbocycles. The highest BCUT2D eigenvalue weighted by atomic mass is 16.5. The van der Waals surface area contributed by atoms with Crippen LogP contribution in [-0.2, 0) is 16.1 Å². The van der Waals surface area contributed by atoms with E-state index in [0.29, 0.717) is 13.2 Å². The molecule has 0 bridgehead atoms. The van der Waals surface area contributed by atoms with Crippen molar-refractivity contribution < 1.29 is 14.2 Å². The van der Waals surface area contributed by atoms with Gasteiger partial charge in [0.25, 0.3) is 0 Å². The molecule has 0 aromatic heterocycles. The van der Waals surface area contributed by atoms with Crippen molar-refractivity contribution in [2.45, 2.75) is 25.7 Å². The zero-order chi connectivity index (χ0) is 12.8. The molecule has 1 aromatic rings. The molecule has 1 aliphatic rings. The summed E-state index contributed by atoms with van der Waals surface area (Å²) in [5.41, 5.74) is 1.12. The van der Waals surface area contributed by atoms with E-state index in [1.807, 2.05) is 24.3 Å². The third kappa shape index (κ3) is 3.98. The van der Waals surface area contributed by atoms with Gasteiger partial charge in [0.15, 0.2) is 0 Å². The average molecular weight is 251 g/mol. The molecule has 100 valence electrons. The molecular weight excluding hydrogens is 230 g/mol. The van der Waals surface area contributed by atoms with Gasteiger partial charge in [0.1, 0.15) is 5.75 Å². The monoisotopic (exact) mass is 251 g/mol. The predicted molar refractivity (Wildman–Crippen MR) is 69.9 cm³/mol. The maximum absolute atomic E-state index is 5.76. The summed E-state index contributed by atoms with van der Waals surface area (Å²) in [6.45, 7) is 5.07.